The number of hydrogen-bond donors (Lipinski definition) is 2. The van der Waals surface area contributed by atoms with Crippen LogP contribution in [0.15, 0.2) is 42.5 Å². The number of aliphatic hydroxyl groups is 1. The summed E-state index contributed by atoms with van der Waals surface area (Å²) in [5.74, 6) is 1.12. The Labute approximate surface area is 147 Å². The van der Waals surface area contributed by atoms with Gasteiger partial charge in [0, 0.05) is 13.1 Å². The molecule has 0 aliphatic carbocycles. The molecular weight excluding hydrogens is 337 g/mol. The highest BCUT2D eigenvalue weighted by Gasteiger charge is 2.11. The standard InChI is InChI=1S/C17H20ClNO3.ClH/c1-21-16-9-12(8-14(18)17(16)22-2)10-19-11-15(20)13-6-4-3-5-7-13;/h3-9,15,19-20H,10-11H2,1-2H3;1H. The molecule has 0 fully saturated rings. The highest BCUT2D eigenvalue weighted by Crippen LogP contribution is 2.35. The minimum Gasteiger partial charge on any atom is -0.493 e. The van der Waals surface area contributed by atoms with Crippen LogP contribution < -0.4 is 14.8 Å². The zero-order valence-corrected chi connectivity index (χ0v) is 14.7. The molecule has 0 aliphatic rings. The minimum absolute atomic E-state index is 0. The summed E-state index contributed by atoms with van der Waals surface area (Å²) in [6.45, 7) is 1.03. The van der Waals surface area contributed by atoms with Gasteiger partial charge in [0.15, 0.2) is 11.5 Å². The lowest BCUT2D eigenvalue weighted by Gasteiger charge is -2.14. The van der Waals surface area contributed by atoms with Crippen molar-refractivity contribution < 1.29 is 14.6 Å². The van der Waals surface area contributed by atoms with Gasteiger partial charge in [0.25, 0.3) is 0 Å². The summed E-state index contributed by atoms with van der Waals surface area (Å²) in [4.78, 5) is 0. The lowest BCUT2D eigenvalue weighted by Crippen LogP contribution is -2.21. The molecule has 4 nitrogen and oxygen atoms in total. The summed E-state index contributed by atoms with van der Waals surface area (Å²) < 4.78 is 10.5. The monoisotopic (exact) mass is 357 g/mol. The van der Waals surface area contributed by atoms with Gasteiger partial charge in [-0.1, -0.05) is 41.9 Å². The maximum absolute atomic E-state index is 10.1. The van der Waals surface area contributed by atoms with E-state index < -0.39 is 6.10 Å². The Morgan fingerprint density at radius 1 is 1.13 bits per heavy atom. The summed E-state index contributed by atoms with van der Waals surface area (Å²) in [6, 6.07) is 13.2. The number of methoxy groups -OCH3 is 2. The first kappa shape index (κ1) is 19.6. The molecule has 0 radical (unpaired) electrons. The molecule has 2 rings (SSSR count). The van der Waals surface area contributed by atoms with Crippen molar-refractivity contribution in [2.45, 2.75) is 12.6 Å². The molecule has 1 unspecified atom stereocenters. The summed E-state index contributed by atoms with van der Waals surface area (Å²) in [6.07, 6.45) is -0.545. The predicted molar refractivity (Wildman–Crippen MR) is 94.9 cm³/mol. The Morgan fingerprint density at radius 2 is 1.83 bits per heavy atom. The molecule has 0 saturated heterocycles. The third kappa shape index (κ3) is 5.29. The minimum atomic E-state index is -0.545. The Bertz CT molecular complexity index is 608. The lowest BCUT2D eigenvalue weighted by molar-refractivity contribution is 0.174. The maximum Gasteiger partial charge on any atom is 0.179 e. The van der Waals surface area contributed by atoms with Crippen molar-refractivity contribution in [3.63, 3.8) is 0 Å². The van der Waals surface area contributed by atoms with Gasteiger partial charge in [0.05, 0.1) is 25.3 Å². The van der Waals surface area contributed by atoms with E-state index in [0.29, 0.717) is 29.6 Å². The highest BCUT2D eigenvalue weighted by atomic mass is 35.5. The fourth-order valence-corrected chi connectivity index (χ4v) is 2.53. The number of benzene rings is 2. The summed E-state index contributed by atoms with van der Waals surface area (Å²) >= 11 is 6.17. The first-order chi connectivity index (χ1) is 10.7. The van der Waals surface area contributed by atoms with E-state index in [2.05, 4.69) is 5.32 Å². The fourth-order valence-electron chi connectivity index (χ4n) is 2.22. The van der Waals surface area contributed by atoms with Crippen molar-refractivity contribution in [2.75, 3.05) is 20.8 Å². The van der Waals surface area contributed by atoms with Gasteiger partial charge in [0.1, 0.15) is 0 Å². The van der Waals surface area contributed by atoms with Gasteiger partial charge in [-0.3, -0.25) is 0 Å². The van der Waals surface area contributed by atoms with Crippen LogP contribution in [0.4, 0.5) is 0 Å². The predicted octanol–water partition coefficient (Wildman–Crippen LogP) is 3.60. The largest absolute Gasteiger partial charge is 0.493 e. The second kappa shape index (κ2) is 9.63. The zero-order chi connectivity index (χ0) is 15.9. The first-order valence-corrected chi connectivity index (χ1v) is 7.37. The SMILES string of the molecule is COc1cc(CNCC(O)c2ccccc2)cc(Cl)c1OC.Cl. The van der Waals surface area contributed by atoms with Crippen LogP contribution in [0.1, 0.15) is 17.2 Å². The van der Waals surface area contributed by atoms with Crippen LogP contribution in [0.3, 0.4) is 0 Å². The number of rotatable bonds is 7. The molecule has 0 amide bonds. The van der Waals surface area contributed by atoms with Crippen LogP contribution >= 0.6 is 24.0 Å². The number of aliphatic hydroxyl groups excluding tert-OH is 1. The quantitative estimate of drug-likeness (QED) is 0.794. The molecule has 23 heavy (non-hydrogen) atoms. The van der Waals surface area contributed by atoms with Crippen molar-refractivity contribution in [1.82, 2.24) is 5.32 Å². The van der Waals surface area contributed by atoms with Gasteiger partial charge in [0.2, 0.25) is 0 Å². The highest BCUT2D eigenvalue weighted by molar-refractivity contribution is 6.32. The van der Waals surface area contributed by atoms with Crippen LogP contribution in [0.5, 0.6) is 11.5 Å². The number of halogens is 2. The molecule has 2 aromatic carbocycles. The lowest BCUT2D eigenvalue weighted by atomic mass is 10.1. The van der Waals surface area contributed by atoms with Gasteiger partial charge < -0.3 is 19.9 Å². The van der Waals surface area contributed by atoms with E-state index in [1.54, 1.807) is 14.2 Å². The molecule has 1 atom stereocenters. The van der Waals surface area contributed by atoms with Crippen molar-refractivity contribution in [3.05, 3.63) is 58.6 Å². The number of ether oxygens (including phenoxy) is 2. The zero-order valence-electron chi connectivity index (χ0n) is 13.1. The van der Waals surface area contributed by atoms with Crippen LogP contribution in [-0.4, -0.2) is 25.9 Å². The summed E-state index contributed by atoms with van der Waals surface area (Å²) in [5, 5.41) is 13.8. The van der Waals surface area contributed by atoms with Crippen LogP contribution in [0, 0.1) is 0 Å². The van der Waals surface area contributed by atoms with E-state index in [4.69, 9.17) is 21.1 Å². The maximum atomic E-state index is 10.1. The molecule has 126 valence electrons. The van der Waals surface area contributed by atoms with E-state index in [1.807, 2.05) is 42.5 Å². The molecule has 0 bridgehead atoms. The van der Waals surface area contributed by atoms with Crippen molar-refractivity contribution in [3.8, 4) is 11.5 Å². The third-order valence-electron chi connectivity index (χ3n) is 3.34. The van der Waals surface area contributed by atoms with E-state index in [1.165, 1.54) is 0 Å². The van der Waals surface area contributed by atoms with Crippen molar-refractivity contribution >= 4 is 24.0 Å². The van der Waals surface area contributed by atoms with Gasteiger partial charge in [-0.15, -0.1) is 12.4 Å². The summed E-state index contributed by atoms with van der Waals surface area (Å²) in [7, 11) is 3.13. The number of nitrogens with one attached hydrogen (secondary N) is 1. The molecule has 0 aromatic heterocycles. The molecule has 0 saturated carbocycles. The Morgan fingerprint density at radius 3 is 2.43 bits per heavy atom. The van der Waals surface area contributed by atoms with Crippen LogP contribution in [0.25, 0.3) is 0 Å². The Hall–Kier alpha value is -1.46. The average Bonchev–Trinajstić information content (AvgIpc) is 2.55. The molecule has 6 heteroatoms. The second-order valence-electron chi connectivity index (χ2n) is 4.87. The fraction of sp³-hybridized carbons (Fsp3) is 0.294. The normalized spacial score (nSPS) is 11.5. The smallest absolute Gasteiger partial charge is 0.179 e. The molecule has 0 heterocycles. The topological polar surface area (TPSA) is 50.7 Å². The van der Waals surface area contributed by atoms with Crippen LogP contribution in [0.2, 0.25) is 5.02 Å². The van der Waals surface area contributed by atoms with E-state index in [-0.39, 0.29) is 12.4 Å². The van der Waals surface area contributed by atoms with Crippen LogP contribution in [-0.2, 0) is 6.54 Å². The molecule has 2 aromatic rings. The average molecular weight is 358 g/mol. The van der Waals surface area contributed by atoms with Gasteiger partial charge in [-0.05, 0) is 23.3 Å². The molecular formula is C17H21Cl2NO3. The van der Waals surface area contributed by atoms with Gasteiger partial charge >= 0.3 is 0 Å². The Kier molecular flexibility index (Phi) is 8.20. The van der Waals surface area contributed by atoms with Gasteiger partial charge in [-0.25, -0.2) is 0 Å². The molecule has 0 aliphatic heterocycles. The third-order valence-corrected chi connectivity index (χ3v) is 3.63. The Balaban J connectivity index is 0.00000264. The molecule has 0 spiro atoms. The number of hydrogen-bond acceptors (Lipinski definition) is 4. The van der Waals surface area contributed by atoms with E-state index in [0.717, 1.165) is 11.1 Å². The van der Waals surface area contributed by atoms with Crippen molar-refractivity contribution in [2.24, 2.45) is 0 Å². The van der Waals surface area contributed by atoms with E-state index in [9.17, 15) is 5.11 Å². The second-order valence-corrected chi connectivity index (χ2v) is 5.28. The van der Waals surface area contributed by atoms with Gasteiger partial charge in [-0.2, -0.15) is 0 Å². The molecule has 2 N–H and O–H groups in total. The summed E-state index contributed by atoms with van der Waals surface area (Å²) in [5.41, 5.74) is 1.85. The first-order valence-electron chi connectivity index (χ1n) is 6.99. The van der Waals surface area contributed by atoms with E-state index >= 15 is 0 Å². The van der Waals surface area contributed by atoms with Crippen molar-refractivity contribution in [1.29, 1.82) is 0 Å².